The lowest BCUT2D eigenvalue weighted by Gasteiger charge is -2.30. The van der Waals surface area contributed by atoms with Gasteiger partial charge in [-0.15, -0.1) is 0 Å². The number of carbonyl (C=O) groups excluding carboxylic acids is 1. The highest BCUT2D eigenvalue weighted by molar-refractivity contribution is 5.79. The van der Waals surface area contributed by atoms with E-state index in [1.165, 1.54) is 0 Å². The molecule has 0 fully saturated rings. The fourth-order valence-electron chi connectivity index (χ4n) is 2.80. The topological polar surface area (TPSA) is 51.9 Å². The number of benzene rings is 1. The van der Waals surface area contributed by atoms with Crippen molar-refractivity contribution in [3.05, 3.63) is 54.0 Å². The predicted molar refractivity (Wildman–Crippen MR) is 85.1 cm³/mol. The van der Waals surface area contributed by atoms with Crippen molar-refractivity contribution in [2.75, 3.05) is 26.9 Å². The molecule has 5 heteroatoms. The summed E-state index contributed by atoms with van der Waals surface area (Å²) in [6.45, 7) is 1.90. The van der Waals surface area contributed by atoms with Crippen molar-refractivity contribution >= 4 is 5.91 Å². The first-order valence-electron chi connectivity index (χ1n) is 7.78. The molecule has 0 spiro atoms. The minimum Gasteiger partial charge on any atom is -0.492 e. The molecule has 0 saturated carbocycles. The van der Waals surface area contributed by atoms with Crippen LogP contribution in [-0.4, -0.2) is 37.7 Å². The van der Waals surface area contributed by atoms with Crippen LogP contribution < -0.4 is 4.74 Å². The third-order valence-corrected chi connectivity index (χ3v) is 4.03. The van der Waals surface area contributed by atoms with Crippen LogP contribution in [0.15, 0.2) is 47.1 Å². The highest BCUT2D eigenvalue weighted by Crippen LogP contribution is 2.28. The molecule has 0 aliphatic carbocycles. The number of rotatable bonds is 6. The Hall–Kier alpha value is -2.27. The van der Waals surface area contributed by atoms with E-state index in [0.717, 1.165) is 17.1 Å². The second-order valence-corrected chi connectivity index (χ2v) is 5.65. The van der Waals surface area contributed by atoms with Gasteiger partial charge in [-0.2, -0.15) is 0 Å². The number of para-hydroxylation sites is 1. The van der Waals surface area contributed by atoms with E-state index in [1.54, 1.807) is 18.3 Å². The molecule has 2 aromatic rings. The smallest absolute Gasteiger partial charge is 0.229 e. The van der Waals surface area contributed by atoms with Crippen LogP contribution in [-0.2, 0) is 22.5 Å². The molecule has 2 heterocycles. The summed E-state index contributed by atoms with van der Waals surface area (Å²) >= 11 is 0. The molecule has 0 radical (unpaired) electrons. The van der Waals surface area contributed by atoms with Gasteiger partial charge in [0, 0.05) is 13.7 Å². The van der Waals surface area contributed by atoms with E-state index in [-0.39, 0.29) is 11.8 Å². The summed E-state index contributed by atoms with van der Waals surface area (Å²) in [5.41, 5.74) is 1.08. The van der Waals surface area contributed by atoms with E-state index in [4.69, 9.17) is 13.9 Å². The van der Waals surface area contributed by atoms with Gasteiger partial charge in [0.1, 0.15) is 18.1 Å². The molecule has 1 aliphatic heterocycles. The van der Waals surface area contributed by atoms with Crippen LogP contribution in [0.4, 0.5) is 0 Å². The van der Waals surface area contributed by atoms with Gasteiger partial charge in [0.2, 0.25) is 5.91 Å². The summed E-state index contributed by atoms with van der Waals surface area (Å²) in [7, 11) is 1.63. The average Bonchev–Trinajstić information content (AvgIpc) is 3.10. The number of amides is 1. The molecule has 1 aromatic heterocycles. The monoisotopic (exact) mass is 315 g/mol. The molecule has 1 amide bonds. The third kappa shape index (κ3) is 3.74. The van der Waals surface area contributed by atoms with Gasteiger partial charge in [-0.3, -0.25) is 4.79 Å². The van der Waals surface area contributed by atoms with Crippen LogP contribution in [0.25, 0.3) is 0 Å². The normalized spacial score (nSPS) is 16.5. The molecule has 122 valence electrons. The number of furan rings is 1. The quantitative estimate of drug-likeness (QED) is 0.822. The van der Waals surface area contributed by atoms with Crippen LogP contribution in [0.3, 0.4) is 0 Å². The summed E-state index contributed by atoms with van der Waals surface area (Å²) in [4.78, 5) is 14.7. The van der Waals surface area contributed by atoms with Crippen molar-refractivity contribution in [1.82, 2.24) is 4.90 Å². The predicted octanol–water partition coefficient (Wildman–Crippen LogP) is 2.51. The van der Waals surface area contributed by atoms with Gasteiger partial charge in [0.15, 0.2) is 0 Å². The number of hydrogen-bond acceptors (Lipinski definition) is 4. The number of carbonyl (C=O) groups is 1. The van der Waals surface area contributed by atoms with Gasteiger partial charge in [-0.1, -0.05) is 18.2 Å². The molecule has 1 unspecified atom stereocenters. The van der Waals surface area contributed by atoms with Crippen molar-refractivity contribution in [1.29, 1.82) is 0 Å². The summed E-state index contributed by atoms with van der Waals surface area (Å²) in [5.74, 6) is 1.56. The Balaban J connectivity index is 1.70. The van der Waals surface area contributed by atoms with E-state index >= 15 is 0 Å². The minimum absolute atomic E-state index is 0.0768. The Morgan fingerprint density at radius 1 is 1.30 bits per heavy atom. The lowest BCUT2D eigenvalue weighted by atomic mass is 9.95. The van der Waals surface area contributed by atoms with Gasteiger partial charge in [-0.05, 0) is 30.2 Å². The molecule has 3 rings (SSSR count). The van der Waals surface area contributed by atoms with Crippen LogP contribution >= 0.6 is 0 Å². The van der Waals surface area contributed by atoms with Gasteiger partial charge < -0.3 is 18.8 Å². The summed E-state index contributed by atoms with van der Waals surface area (Å²) < 4.78 is 16.2. The second kappa shape index (κ2) is 7.33. The zero-order valence-electron chi connectivity index (χ0n) is 13.2. The van der Waals surface area contributed by atoms with Crippen molar-refractivity contribution in [2.24, 2.45) is 5.92 Å². The zero-order chi connectivity index (χ0) is 16.1. The highest BCUT2D eigenvalue weighted by atomic mass is 16.5. The molecule has 1 aliphatic rings. The molecule has 1 atom stereocenters. The Bertz CT molecular complexity index is 638. The number of hydrogen-bond donors (Lipinski definition) is 0. The number of methoxy groups -OCH3 is 1. The second-order valence-electron chi connectivity index (χ2n) is 5.65. The fraction of sp³-hybridized carbons (Fsp3) is 0.389. The van der Waals surface area contributed by atoms with Crippen LogP contribution in [0, 0.1) is 5.92 Å². The van der Waals surface area contributed by atoms with Gasteiger partial charge in [0.25, 0.3) is 0 Å². The standard InChI is InChI=1S/C18H21NO4/c1-21-10-8-19(12-16-6-4-9-22-16)18(20)15-11-14-5-2-3-7-17(14)23-13-15/h2-7,9,15H,8,10-13H2,1H3. The fourth-order valence-corrected chi connectivity index (χ4v) is 2.80. The van der Waals surface area contributed by atoms with E-state index in [0.29, 0.717) is 32.7 Å². The van der Waals surface area contributed by atoms with Crippen LogP contribution in [0.5, 0.6) is 5.75 Å². The maximum Gasteiger partial charge on any atom is 0.229 e. The first kappa shape index (κ1) is 15.6. The summed E-state index contributed by atoms with van der Waals surface area (Å²) in [5, 5.41) is 0. The molecule has 0 bridgehead atoms. The minimum atomic E-state index is -0.170. The average molecular weight is 315 g/mol. The summed E-state index contributed by atoms with van der Waals surface area (Å²) in [6, 6.07) is 11.6. The van der Waals surface area contributed by atoms with Gasteiger partial charge in [-0.25, -0.2) is 0 Å². The first-order valence-corrected chi connectivity index (χ1v) is 7.78. The van der Waals surface area contributed by atoms with E-state index in [9.17, 15) is 4.79 Å². The van der Waals surface area contributed by atoms with Crippen molar-refractivity contribution in [3.8, 4) is 5.75 Å². The van der Waals surface area contributed by atoms with Crippen molar-refractivity contribution in [2.45, 2.75) is 13.0 Å². The first-order chi connectivity index (χ1) is 11.3. The van der Waals surface area contributed by atoms with Crippen LogP contribution in [0.2, 0.25) is 0 Å². The van der Waals surface area contributed by atoms with Gasteiger partial charge >= 0.3 is 0 Å². The largest absolute Gasteiger partial charge is 0.492 e. The number of nitrogens with zero attached hydrogens (tertiary/aromatic N) is 1. The molecule has 1 aromatic carbocycles. The summed E-state index contributed by atoms with van der Waals surface area (Å²) in [6.07, 6.45) is 2.32. The third-order valence-electron chi connectivity index (χ3n) is 4.03. The molecule has 23 heavy (non-hydrogen) atoms. The highest BCUT2D eigenvalue weighted by Gasteiger charge is 2.29. The maximum atomic E-state index is 12.9. The molecule has 5 nitrogen and oxygen atoms in total. The van der Waals surface area contributed by atoms with Crippen LogP contribution in [0.1, 0.15) is 11.3 Å². The molecule has 0 saturated heterocycles. The molecular formula is C18H21NO4. The maximum absolute atomic E-state index is 12.9. The lowest BCUT2D eigenvalue weighted by Crippen LogP contribution is -2.41. The zero-order valence-corrected chi connectivity index (χ0v) is 13.2. The van der Waals surface area contributed by atoms with E-state index in [1.807, 2.05) is 36.4 Å². The Morgan fingerprint density at radius 2 is 2.17 bits per heavy atom. The molecule has 0 N–H and O–H groups in total. The Morgan fingerprint density at radius 3 is 2.96 bits per heavy atom. The van der Waals surface area contributed by atoms with E-state index in [2.05, 4.69) is 0 Å². The SMILES string of the molecule is COCCN(Cc1ccco1)C(=O)C1COc2ccccc2C1. The Kier molecular flexibility index (Phi) is 4.98. The lowest BCUT2D eigenvalue weighted by molar-refractivity contribution is -0.138. The number of ether oxygens (including phenoxy) is 2. The Labute approximate surface area is 135 Å². The number of fused-ring (bicyclic) bond motifs is 1. The molecular weight excluding hydrogens is 294 g/mol. The van der Waals surface area contributed by atoms with Gasteiger partial charge in [0.05, 0.1) is 25.3 Å². The van der Waals surface area contributed by atoms with Crippen molar-refractivity contribution < 1.29 is 18.7 Å². The van der Waals surface area contributed by atoms with Crippen molar-refractivity contribution in [3.63, 3.8) is 0 Å². The van der Waals surface area contributed by atoms with E-state index < -0.39 is 0 Å².